The Hall–Kier alpha value is -1.51. The average molecular weight is 398 g/mol. The molecule has 0 aliphatic carbocycles. The third kappa shape index (κ3) is 5.27. The number of sulfonamides is 1. The van der Waals surface area contributed by atoms with Crippen LogP contribution in [0, 0.1) is 11.7 Å². The van der Waals surface area contributed by atoms with Crippen molar-refractivity contribution in [2.45, 2.75) is 31.7 Å². The number of amides is 1. The number of carbonyl (C=O) groups excluding carboxylic acids is 1. The van der Waals surface area contributed by atoms with Gasteiger partial charge in [0.15, 0.2) is 0 Å². The number of likely N-dealkylation sites (tertiary alicyclic amines) is 1. The Morgan fingerprint density at radius 1 is 1.15 bits per heavy atom. The van der Waals surface area contributed by atoms with Gasteiger partial charge in [-0.1, -0.05) is 12.1 Å². The third-order valence-corrected chi connectivity index (χ3v) is 6.90. The van der Waals surface area contributed by atoms with Crippen molar-refractivity contribution in [1.29, 1.82) is 0 Å². The summed E-state index contributed by atoms with van der Waals surface area (Å²) in [5.41, 5.74) is 1.01. The lowest BCUT2D eigenvalue weighted by molar-refractivity contribution is -0.126. The van der Waals surface area contributed by atoms with Crippen LogP contribution in [0.15, 0.2) is 24.3 Å². The highest BCUT2D eigenvalue weighted by Crippen LogP contribution is 2.25. The van der Waals surface area contributed by atoms with E-state index in [9.17, 15) is 17.6 Å². The van der Waals surface area contributed by atoms with Gasteiger partial charge in [-0.2, -0.15) is 0 Å². The lowest BCUT2D eigenvalue weighted by Gasteiger charge is -2.31. The van der Waals surface area contributed by atoms with E-state index in [2.05, 4.69) is 10.2 Å². The van der Waals surface area contributed by atoms with E-state index in [4.69, 9.17) is 0 Å². The van der Waals surface area contributed by atoms with E-state index in [0.29, 0.717) is 32.5 Å². The summed E-state index contributed by atoms with van der Waals surface area (Å²) in [6.07, 6.45) is 4.57. The lowest BCUT2D eigenvalue weighted by atomic mass is 9.97. The molecule has 8 heteroatoms. The van der Waals surface area contributed by atoms with E-state index in [1.54, 1.807) is 12.1 Å². The smallest absolute Gasteiger partial charge is 0.223 e. The minimum absolute atomic E-state index is 0.0190. The number of benzene rings is 1. The zero-order valence-corrected chi connectivity index (χ0v) is 16.5. The molecular formula is C19H28FN3O3S. The van der Waals surface area contributed by atoms with Crippen LogP contribution in [0.5, 0.6) is 0 Å². The van der Waals surface area contributed by atoms with Gasteiger partial charge in [-0.3, -0.25) is 9.69 Å². The molecule has 3 rings (SSSR count). The molecule has 1 amide bonds. The zero-order chi connectivity index (χ0) is 19.4. The van der Waals surface area contributed by atoms with Gasteiger partial charge in [-0.15, -0.1) is 0 Å². The quantitative estimate of drug-likeness (QED) is 0.794. The average Bonchev–Trinajstić information content (AvgIpc) is 3.17. The number of nitrogens with zero attached hydrogens (tertiary/aromatic N) is 2. The molecule has 0 aromatic heterocycles. The number of hydrogen-bond donors (Lipinski definition) is 1. The second kappa shape index (κ2) is 8.67. The summed E-state index contributed by atoms with van der Waals surface area (Å²) in [7, 11) is -3.19. The molecule has 2 aliphatic heterocycles. The van der Waals surface area contributed by atoms with Gasteiger partial charge in [-0.25, -0.2) is 17.1 Å². The summed E-state index contributed by atoms with van der Waals surface area (Å²) in [4.78, 5) is 14.9. The molecule has 1 aromatic carbocycles. The minimum Gasteiger partial charge on any atom is -0.354 e. The van der Waals surface area contributed by atoms with Crippen LogP contribution in [0.1, 0.15) is 37.3 Å². The number of piperidine rings is 1. The maximum absolute atomic E-state index is 13.3. The first-order chi connectivity index (χ1) is 12.8. The minimum atomic E-state index is -3.19. The molecule has 1 unspecified atom stereocenters. The standard InChI is InChI=1S/C19H28FN3O3S/c1-27(25,26)23-12-8-16(9-13-23)19(24)21-14-18(22-10-2-3-11-22)15-4-6-17(20)7-5-15/h4-7,16,18H,2-3,8-14H2,1H3,(H,21,24). The molecule has 2 heterocycles. The van der Waals surface area contributed by atoms with E-state index in [1.807, 2.05) is 0 Å². The maximum Gasteiger partial charge on any atom is 0.223 e. The summed E-state index contributed by atoms with van der Waals surface area (Å²) >= 11 is 0. The Morgan fingerprint density at radius 3 is 2.30 bits per heavy atom. The first-order valence-corrected chi connectivity index (χ1v) is 11.4. The number of carbonyl (C=O) groups is 1. The first-order valence-electron chi connectivity index (χ1n) is 9.57. The highest BCUT2D eigenvalue weighted by Gasteiger charge is 2.30. The van der Waals surface area contributed by atoms with Crippen molar-refractivity contribution < 1.29 is 17.6 Å². The maximum atomic E-state index is 13.3. The first kappa shape index (κ1) is 20.2. The number of rotatable bonds is 6. The highest BCUT2D eigenvalue weighted by atomic mass is 32.2. The van der Waals surface area contributed by atoms with Crippen molar-refractivity contribution in [2.24, 2.45) is 5.92 Å². The molecule has 27 heavy (non-hydrogen) atoms. The molecule has 2 aliphatic rings. The predicted molar refractivity (Wildman–Crippen MR) is 102 cm³/mol. The fraction of sp³-hybridized carbons (Fsp3) is 0.632. The summed E-state index contributed by atoms with van der Waals surface area (Å²) in [6, 6.07) is 6.53. The van der Waals surface area contributed by atoms with Crippen molar-refractivity contribution in [3.8, 4) is 0 Å². The van der Waals surface area contributed by atoms with Crippen molar-refractivity contribution in [3.63, 3.8) is 0 Å². The Bertz CT molecular complexity index is 740. The van der Waals surface area contributed by atoms with Gasteiger partial charge >= 0.3 is 0 Å². The fourth-order valence-electron chi connectivity index (χ4n) is 3.99. The van der Waals surface area contributed by atoms with Crippen LogP contribution >= 0.6 is 0 Å². The second-order valence-corrected chi connectivity index (χ2v) is 9.47. The molecule has 0 bridgehead atoms. The fourth-order valence-corrected chi connectivity index (χ4v) is 4.86. The molecule has 0 radical (unpaired) electrons. The SMILES string of the molecule is CS(=O)(=O)N1CCC(C(=O)NCC(c2ccc(F)cc2)N2CCCC2)CC1. The molecule has 1 N–H and O–H groups in total. The van der Waals surface area contributed by atoms with Gasteiger partial charge in [0.05, 0.1) is 12.3 Å². The molecule has 1 aromatic rings. The van der Waals surface area contributed by atoms with Crippen LogP contribution in [0.25, 0.3) is 0 Å². The summed E-state index contributed by atoms with van der Waals surface area (Å²) in [6.45, 7) is 3.22. The van der Waals surface area contributed by atoms with E-state index < -0.39 is 10.0 Å². The van der Waals surface area contributed by atoms with Gasteiger partial charge < -0.3 is 5.32 Å². The van der Waals surface area contributed by atoms with Crippen molar-refractivity contribution >= 4 is 15.9 Å². The monoisotopic (exact) mass is 397 g/mol. The van der Waals surface area contributed by atoms with E-state index in [0.717, 1.165) is 31.5 Å². The molecule has 6 nitrogen and oxygen atoms in total. The van der Waals surface area contributed by atoms with Crippen LogP contribution < -0.4 is 5.32 Å². The van der Waals surface area contributed by atoms with Gasteiger partial charge in [0.2, 0.25) is 15.9 Å². The molecule has 150 valence electrons. The molecule has 2 fully saturated rings. The zero-order valence-electron chi connectivity index (χ0n) is 15.7. The Kier molecular flexibility index (Phi) is 6.49. The topological polar surface area (TPSA) is 69.7 Å². The van der Waals surface area contributed by atoms with Crippen LogP contribution in [0.3, 0.4) is 0 Å². The van der Waals surface area contributed by atoms with Crippen molar-refractivity contribution in [3.05, 3.63) is 35.6 Å². The van der Waals surface area contributed by atoms with Gasteiger partial charge in [0.25, 0.3) is 0 Å². The Labute approximate surface area is 160 Å². The van der Waals surface area contributed by atoms with E-state index >= 15 is 0 Å². The number of halogens is 1. The number of hydrogen-bond acceptors (Lipinski definition) is 4. The third-order valence-electron chi connectivity index (χ3n) is 5.60. The molecule has 0 spiro atoms. The van der Waals surface area contributed by atoms with Crippen LogP contribution in [-0.4, -0.2) is 62.5 Å². The summed E-state index contributed by atoms with van der Waals surface area (Å²) in [5, 5.41) is 3.05. The van der Waals surface area contributed by atoms with Gasteiger partial charge in [0.1, 0.15) is 5.82 Å². The van der Waals surface area contributed by atoms with Gasteiger partial charge in [-0.05, 0) is 56.5 Å². The highest BCUT2D eigenvalue weighted by molar-refractivity contribution is 7.88. The summed E-state index contributed by atoms with van der Waals surface area (Å²) in [5.74, 6) is -0.439. The predicted octanol–water partition coefficient (Wildman–Crippen LogP) is 1.75. The van der Waals surface area contributed by atoms with Gasteiger partial charge in [0, 0.05) is 25.6 Å². The normalized spacial score (nSPS) is 21.3. The molecule has 2 saturated heterocycles. The largest absolute Gasteiger partial charge is 0.354 e. The van der Waals surface area contributed by atoms with Crippen molar-refractivity contribution in [1.82, 2.24) is 14.5 Å². The Balaban J connectivity index is 1.58. The molecule has 1 atom stereocenters. The van der Waals surface area contributed by atoms with E-state index in [-0.39, 0.29) is 23.7 Å². The molecular weight excluding hydrogens is 369 g/mol. The van der Waals surface area contributed by atoms with Crippen molar-refractivity contribution in [2.75, 3.05) is 39.0 Å². The second-order valence-electron chi connectivity index (χ2n) is 7.49. The van der Waals surface area contributed by atoms with Crippen LogP contribution in [-0.2, 0) is 14.8 Å². The molecule has 0 saturated carbocycles. The van der Waals surface area contributed by atoms with Crippen LogP contribution in [0.4, 0.5) is 4.39 Å². The van der Waals surface area contributed by atoms with E-state index in [1.165, 1.54) is 22.7 Å². The summed E-state index contributed by atoms with van der Waals surface area (Å²) < 4.78 is 37.9. The number of nitrogens with one attached hydrogen (secondary N) is 1. The lowest BCUT2D eigenvalue weighted by Crippen LogP contribution is -2.44. The Morgan fingerprint density at radius 2 is 1.74 bits per heavy atom. The van der Waals surface area contributed by atoms with Crippen LogP contribution in [0.2, 0.25) is 0 Å².